The van der Waals surface area contributed by atoms with E-state index in [1.165, 1.54) is 12.8 Å². The lowest BCUT2D eigenvalue weighted by molar-refractivity contribution is -0.126. The second kappa shape index (κ2) is 6.61. The van der Waals surface area contributed by atoms with E-state index in [4.69, 9.17) is 9.47 Å². The molecule has 0 aliphatic heterocycles. The van der Waals surface area contributed by atoms with Gasteiger partial charge in [0.05, 0.1) is 7.11 Å². The monoisotopic (exact) mass is 278 g/mol. The Balaban J connectivity index is 2.09. The van der Waals surface area contributed by atoms with E-state index < -0.39 is 6.10 Å². The first-order valence-electron chi connectivity index (χ1n) is 6.92. The third-order valence-corrected chi connectivity index (χ3v) is 3.35. The average molecular weight is 278 g/mol. The standard InChI is InChI=1S/C15H22N2O3/c1-10(15(18)16-2)20-14-7-6-13(19-3)8-11(14)9-17-12-4-5-12/h6-8,10,12,17H,4-5,9H2,1-3H3,(H,16,18). The Kier molecular flexibility index (Phi) is 4.84. The quantitative estimate of drug-likeness (QED) is 0.793. The first-order valence-corrected chi connectivity index (χ1v) is 6.92. The smallest absolute Gasteiger partial charge is 0.260 e. The van der Waals surface area contributed by atoms with E-state index in [-0.39, 0.29) is 5.91 Å². The van der Waals surface area contributed by atoms with Crippen LogP contribution < -0.4 is 20.1 Å². The van der Waals surface area contributed by atoms with Crippen molar-refractivity contribution in [2.45, 2.75) is 38.5 Å². The summed E-state index contributed by atoms with van der Waals surface area (Å²) in [7, 11) is 3.24. The molecule has 1 fully saturated rings. The molecule has 1 aliphatic rings. The number of amides is 1. The molecule has 5 nitrogen and oxygen atoms in total. The molecular weight excluding hydrogens is 256 g/mol. The Labute approximate surface area is 119 Å². The van der Waals surface area contributed by atoms with Crippen LogP contribution in [0.25, 0.3) is 0 Å². The molecule has 0 saturated heterocycles. The number of hydrogen-bond acceptors (Lipinski definition) is 4. The maximum atomic E-state index is 11.6. The van der Waals surface area contributed by atoms with Crippen LogP contribution in [-0.4, -0.2) is 32.2 Å². The number of rotatable bonds is 7. The first-order chi connectivity index (χ1) is 9.63. The molecule has 0 heterocycles. The van der Waals surface area contributed by atoms with E-state index in [0.717, 1.165) is 23.6 Å². The van der Waals surface area contributed by atoms with Crippen molar-refractivity contribution in [3.05, 3.63) is 23.8 Å². The van der Waals surface area contributed by atoms with Crippen molar-refractivity contribution in [2.24, 2.45) is 0 Å². The Bertz CT molecular complexity index is 472. The Hall–Kier alpha value is -1.75. The van der Waals surface area contributed by atoms with Crippen molar-refractivity contribution in [1.29, 1.82) is 0 Å². The van der Waals surface area contributed by atoms with Crippen LogP contribution in [0.4, 0.5) is 0 Å². The number of carbonyl (C=O) groups is 1. The maximum Gasteiger partial charge on any atom is 0.260 e. The molecule has 1 saturated carbocycles. The van der Waals surface area contributed by atoms with Gasteiger partial charge >= 0.3 is 0 Å². The van der Waals surface area contributed by atoms with Gasteiger partial charge in [-0.2, -0.15) is 0 Å². The normalized spacial score (nSPS) is 15.6. The number of nitrogens with one attached hydrogen (secondary N) is 2. The molecule has 2 rings (SSSR count). The molecule has 0 spiro atoms. The molecule has 1 atom stereocenters. The minimum absolute atomic E-state index is 0.137. The van der Waals surface area contributed by atoms with E-state index in [1.54, 1.807) is 21.1 Å². The highest BCUT2D eigenvalue weighted by atomic mass is 16.5. The van der Waals surface area contributed by atoms with E-state index >= 15 is 0 Å². The molecule has 110 valence electrons. The van der Waals surface area contributed by atoms with Crippen LogP contribution in [0.15, 0.2) is 18.2 Å². The summed E-state index contributed by atoms with van der Waals surface area (Å²) in [5, 5.41) is 6.03. The van der Waals surface area contributed by atoms with E-state index in [0.29, 0.717) is 6.04 Å². The molecule has 5 heteroatoms. The summed E-state index contributed by atoms with van der Waals surface area (Å²) in [6.07, 6.45) is 1.94. The van der Waals surface area contributed by atoms with Crippen LogP contribution in [-0.2, 0) is 11.3 Å². The summed E-state index contributed by atoms with van der Waals surface area (Å²) >= 11 is 0. The maximum absolute atomic E-state index is 11.6. The fourth-order valence-corrected chi connectivity index (χ4v) is 1.92. The zero-order valence-corrected chi connectivity index (χ0v) is 12.2. The Morgan fingerprint density at radius 1 is 1.45 bits per heavy atom. The molecule has 1 unspecified atom stereocenters. The summed E-state index contributed by atoms with van der Waals surface area (Å²) in [5.41, 5.74) is 1.01. The number of likely N-dealkylation sites (N-methyl/N-ethyl adjacent to an activating group) is 1. The first kappa shape index (κ1) is 14.7. The van der Waals surface area contributed by atoms with Gasteiger partial charge in [0.15, 0.2) is 6.10 Å². The molecule has 2 N–H and O–H groups in total. The van der Waals surface area contributed by atoms with Crippen LogP contribution in [0.2, 0.25) is 0 Å². The summed E-state index contributed by atoms with van der Waals surface area (Å²) in [6, 6.07) is 6.25. The predicted molar refractivity (Wildman–Crippen MR) is 77.0 cm³/mol. The van der Waals surface area contributed by atoms with Crippen molar-refractivity contribution in [1.82, 2.24) is 10.6 Å². The van der Waals surface area contributed by atoms with Crippen LogP contribution in [0.1, 0.15) is 25.3 Å². The van der Waals surface area contributed by atoms with Crippen molar-refractivity contribution >= 4 is 5.91 Å². The topological polar surface area (TPSA) is 59.6 Å². The van der Waals surface area contributed by atoms with Gasteiger partial charge in [-0.1, -0.05) is 0 Å². The zero-order chi connectivity index (χ0) is 14.5. The van der Waals surface area contributed by atoms with Gasteiger partial charge in [0.1, 0.15) is 11.5 Å². The predicted octanol–water partition coefficient (Wildman–Crippen LogP) is 1.46. The number of hydrogen-bond donors (Lipinski definition) is 2. The zero-order valence-electron chi connectivity index (χ0n) is 12.2. The number of ether oxygens (including phenoxy) is 2. The minimum atomic E-state index is -0.520. The lowest BCUT2D eigenvalue weighted by atomic mass is 10.2. The van der Waals surface area contributed by atoms with Gasteiger partial charge in [-0.05, 0) is 38.0 Å². The molecular formula is C15H22N2O3. The van der Waals surface area contributed by atoms with Crippen LogP contribution in [0, 0.1) is 0 Å². The van der Waals surface area contributed by atoms with E-state index in [9.17, 15) is 4.79 Å². The van der Waals surface area contributed by atoms with Crippen LogP contribution in [0.5, 0.6) is 11.5 Å². The highest BCUT2D eigenvalue weighted by molar-refractivity contribution is 5.80. The summed E-state index contributed by atoms with van der Waals surface area (Å²) in [5.74, 6) is 1.37. The SMILES string of the molecule is CNC(=O)C(C)Oc1ccc(OC)cc1CNC1CC1. The van der Waals surface area contributed by atoms with Gasteiger partial charge in [-0.15, -0.1) is 0 Å². The van der Waals surface area contributed by atoms with E-state index in [2.05, 4.69) is 10.6 Å². The third kappa shape index (κ3) is 3.87. The van der Waals surface area contributed by atoms with E-state index in [1.807, 2.05) is 18.2 Å². The second-order valence-corrected chi connectivity index (χ2v) is 5.00. The average Bonchev–Trinajstić information content (AvgIpc) is 3.29. The van der Waals surface area contributed by atoms with Gasteiger partial charge < -0.3 is 20.1 Å². The summed E-state index contributed by atoms with van der Waals surface area (Å²) < 4.78 is 11.0. The van der Waals surface area contributed by atoms with Gasteiger partial charge in [-0.25, -0.2) is 0 Å². The molecule has 1 aliphatic carbocycles. The molecule has 1 aromatic carbocycles. The number of carbonyl (C=O) groups excluding carboxylic acids is 1. The molecule has 20 heavy (non-hydrogen) atoms. The van der Waals surface area contributed by atoms with Gasteiger partial charge in [0, 0.05) is 25.2 Å². The Morgan fingerprint density at radius 2 is 2.20 bits per heavy atom. The minimum Gasteiger partial charge on any atom is -0.497 e. The number of benzene rings is 1. The summed E-state index contributed by atoms with van der Waals surface area (Å²) in [6.45, 7) is 2.46. The fourth-order valence-electron chi connectivity index (χ4n) is 1.92. The highest BCUT2D eigenvalue weighted by Crippen LogP contribution is 2.27. The fraction of sp³-hybridized carbons (Fsp3) is 0.533. The van der Waals surface area contributed by atoms with Gasteiger partial charge in [-0.3, -0.25) is 4.79 Å². The van der Waals surface area contributed by atoms with Crippen LogP contribution in [0.3, 0.4) is 0 Å². The lowest BCUT2D eigenvalue weighted by Crippen LogP contribution is -2.34. The van der Waals surface area contributed by atoms with Gasteiger partial charge in [0.25, 0.3) is 5.91 Å². The third-order valence-electron chi connectivity index (χ3n) is 3.35. The number of methoxy groups -OCH3 is 1. The van der Waals surface area contributed by atoms with Crippen molar-refractivity contribution in [3.63, 3.8) is 0 Å². The summed E-state index contributed by atoms with van der Waals surface area (Å²) in [4.78, 5) is 11.6. The van der Waals surface area contributed by atoms with Gasteiger partial charge in [0.2, 0.25) is 0 Å². The van der Waals surface area contributed by atoms with Crippen molar-refractivity contribution < 1.29 is 14.3 Å². The second-order valence-electron chi connectivity index (χ2n) is 5.00. The van der Waals surface area contributed by atoms with Crippen molar-refractivity contribution in [3.8, 4) is 11.5 Å². The Morgan fingerprint density at radius 3 is 2.80 bits per heavy atom. The molecule has 0 radical (unpaired) electrons. The molecule has 1 aromatic rings. The molecule has 0 aromatic heterocycles. The largest absolute Gasteiger partial charge is 0.497 e. The lowest BCUT2D eigenvalue weighted by Gasteiger charge is -2.17. The van der Waals surface area contributed by atoms with Crippen LogP contribution >= 0.6 is 0 Å². The highest BCUT2D eigenvalue weighted by Gasteiger charge is 2.21. The molecule has 0 bridgehead atoms. The molecule has 1 amide bonds. The van der Waals surface area contributed by atoms with Crippen molar-refractivity contribution in [2.75, 3.05) is 14.2 Å².